The predicted octanol–water partition coefficient (Wildman–Crippen LogP) is 4.34. The number of carbonyl (C=O) groups excluding carboxylic acids is 2. The Morgan fingerprint density at radius 2 is 1.62 bits per heavy atom. The van der Waals surface area contributed by atoms with Gasteiger partial charge in [-0.3, -0.25) is 14.5 Å². The first kappa shape index (κ1) is 21.8. The van der Waals surface area contributed by atoms with Gasteiger partial charge in [0, 0.05) is 31.9 Å². The van der Waals surface area contributed by atoms with Crippen molar-refractivity contribution in [2.75, 3.05) is 31.5 Å². The third-order valence-corrected chi connectivity index (χ3v) is 5.93. The molecule has 0 radical (unpaired) electrons. The van der Waals surface area contributed by atoms with Crippen LogP contribution in [-0.2, 0) is 4.79 Å². The summed E-state index contributed by atoms with van der Waals surface area (Å²) in [7, 11) is 0. The van der Waals surface area contributed by atoms with Crippen molar-refractivity contribution in [2.24, 2.45) is 0 Å². The number of furan rings is 1. The van der Waals surface area contributed by atoms with Crippen LogP contribution in [0.3, 0.4) is 0 Å². The number of benzene rings is 2. The predicted molar refractivity (Wildman–Crippen MR) is 125 cm³/mol. The van der Waals surface area contributed by atoms with Crippen LogP contribution in [0.1, 0.15) is 39.0 Å². The fraction of sp³-hybridized carbons (Fsp3) is 0.308. The van der Waals surface area contributed by atoms with Crippen LogP contribution < -0.4 is 5.32 Å². The molecule has 1 fully saturated rings. The molecule has 2 aromatic carbocycles. The van der Waals surface area contributed by atoms with Gasteiger partial charge in [0.15, 0.2) is 5.76 Å². The van der Waals surface area contributed by atoms with Crippen molar-refractivity contribution in [1.82, 2.24) is 9.80 Å². The number of rotatable bonds is 5. The van der Waals surface area contributed by atoms with Crippen molar-refractivity contribution in [1.29, 1.82) is 0 Å². The lowest BCUT2D eigenvalue weighted by atomic mass is 10.0. The summed E-state index contributed by atoms with van der Waals surface area (Å²) in [6.45, 7) is 8.12. The van der Waals surface area contributed by atoms with Gasteiger partial charge in [-0.05, 0) is 55.7 Å². The Hall–Kier alpha value is -3.38. The molecule has 2 heterocycles. The minimum Gasteiger partial charge on any atom is -0.456 e. The van der Waals surface area contributed by atoms with Crippen LogP contribution in [0.4, 0.5) is 5.69 Å². The first-order valence-electron chi connectivity index (χ1n) is 10.9. The average Bonchev–Trinajstić information content (AvgIpc) is 3.23. The van der Waals surface area contributed by atoms with Gasteiger partial charge in [-0.2, -0.15) is 0 Å². The van der Waals surface area contributed by atoms with E-state index in [-0.39, 0.29) is 11.8 Å². The van der Waals surface area contributed by atoms with Crippen LogP contribution >= 0.6 is 0 Å². The molecule has 0 aliphatic carbocycles. The first-order valence-corrected chi connectivity index (χ1v) is 10.9. The molecule has 1 aliphatic rings. The summed E-state index contributed by atoms with van der Waals surface area (Å²) in [5.41, 5.74) is 3.90. The molecule has 3 aromatic rings. The SMILES string of the molecule is Cc1ccc(C)c(NC(=O)C(c2ccccc2)N2CCN(C(=O)c3ccc(C)o3)CC2)c1. The van der Waals surface area contributed by atoms with Gasteiger partial charge in [0.05, 0.1) is 0 Å². The zero-order valence-corrected chi connectivity index (χ0v) is 18.8. The van der Waals surface area contributed by atoms with E-state index in [4.69, 9.17) is 4.42 Å². The molecule has 1 atom stereocenters. The van der Waals surface area contributed by atoms with Crippen LogP contribution in [0.15, 0.2) is 65.1 Å². The lowest BCUT2D eigenvalue weighted by Gasteiger charge is -2.38. The number of nitrogens with one attached hydrogen (secondary N) is 1. The highest BCUT2D eigenvalue weighted by atomic mass is 16.3. The Morgan fingerprint density at radius 3 is 2.28 bits per heavy atom. The Labute approximate surface area is 188 Å². The number of aryl methyl sites for hydroxylation is 3. The van der Waals surface area contributed by atoms with Crippen LogP contribution in [0.2, 0.25) is 0 Å². The van der Waals surface area contributed by atoms with Crippen molar-refractivity contribution in [3.05, 3.63) is 88.9 Å². The van der Waals surface area contributed by atoms with Gasteiger partial charge in [0.25, 0.3) is 5.91 Å². The Balaban J connectivity index is 1.51. The number of anilines is 1. The average molecular weight is 432 g/mol. The third-order valence-electron chi connectivity index (χ3n) is 5.93. The van der Waals surface area contributed by atoms with E-state index in [1.54, 1.807) is 17.0 Å². The van der Waals surface area contributed by atoms with Gasteiger partial charge in [0.1, 0.15) is 11.8 Å². The first-order chi connectivity index (χ1) is 15.4. The number of piperazine rings is 1. The minimum absolute atomic E-state index is 0.0636. The third kappa shape index (κ3) is 4.75. The molecule has 6 nitrogen and oxygen atoms in total. The van der Waals surface area contributed by atoms with E-state index in [1.807, 2.05) is 69.3 Å². The van der Waals surface area contributed by atoms with Crippen LogP contribution in [0.25, 0.3) is 0 Å². The molecule has 6 heteroatoms. The van der Waals surface area contributed by atoms with E-state index in [0.717, 1.165) is 28.1 Å². The summed E-state index contributed by atoms with van der Waals surface area (Å²) in [6, 6.07) is 19.0. The van der Waals surface area contributed by atoms with Crippen LogP contribution in [-0.4, -0.2) is 47.8 Å². The molecule has 32 heavy (non-hydrogen) atoms. The zero-order chi connectivity index (χ0) is 22.7. The molecule has 4 rings (SSSR count). The second kappa shape index (κ2) is 9.40. The summed E-state index contributed by atoms with van der Waals surface area (Å²) < 4.78 is 5.50. The lowest BCUT2D eigenvalue weighted by molar-refractivity contribution is -0.122. The second-order valence-electron chi connectivity index (χ2n) is 8.36. The summed E-state index contributed by atoms with van der Waals surface area (Å²) in [5, 5.41) is 3.13. The summed E-state index contributed by atoms with van der Waals surface area (Å²) in [6.07, 6.45) is 0. The molecule has 0 spiro atoms. The summed E-state index contributed by atoms with van der Waals surface area (Å²) >= 11 is 0. The van der Waals surface area contributed by atoms with Crippen molar-refractivity contribution >= 4 is 17.5 Å². The smallest absolute Gasteiger partial charge is 0.289 e. The Kier molecular flexibility index (Phi) is 6.42. The van der Waals surface area contributed by atoms with E-state index < -0.39 is 6.04 Å². The maximum absolute atomic E-state index is 13.5. The molecule has 166 valence electrons. The number of carbonyl (C=O) groups is 2. The molecular formula is C26H29N3O3. The standard InChI is InChI=1S/C26H29N3O3/c1-18-9-10-19(2)22(17-18)27-25(30)24(21-7-5-4-6-8-21)28-13-15-29(16-14-28)26(31)23-12-11-20(3)32-23/h4-12,17,24H,13-16H2,1-3H3,(H,27,30). The van der Waals surface area contributed by atoms with Gasteiger partial charge < -0.3 is 14.6 Å². The molecular weight excluding hydrogens is 402 g/mol. The Bertz CT molecular complexity index is 1100. The zero-order valence-electron chi connectivity index (χ0n) is 18.8. The van der Waals surface area contributed by atoms with Crippen molar-refractivity contribution in [2.45, 2.75) is 26.8 Å². The minimum atomic E-state index is -0.431. The maximum atomic E-state index is 13.5. The normalized spacial score (nSPS) is 15.4. The maximum Gasteiger partial charge on any atom is 0.289 e. The van der Waals surface area contributed by atoms with E-state index in [1.165, 1.54) is 0 Å². The molecule has 1 aromatic heterocycles. The van der Waals surface area contributed by atoms with Gasteiger partial charge in [0.2, 0.25) is 5.91 Å². The molecule has 1 unspecified atom stereocenters. The summed E-state index contributed by atoms with van der Waals surface area (Å²) in [4.78, 5) is 30.1. The summed E-state index contributed by atoms with van der Waals surface area (Å²) in [5.74, 6) is 0.919. The van der Waals surface area contributed by atoms with Gasteiger partial charge >= 0.3 is 0 Å². The van der Waals surface area contributed by atoms with Gasteiger partial charge in [-0.1, -0.05) is 42.5 Å². The largest absolute Gasteiger partial charge is 0.456 e. The molecule has 1 saturated heterocycles. The fourth-order valence-electron chi connectivity index (χ4n) is 4.12. The molecule has 0 bridgehead atoms. The van der Waals surface area contributed by atoms with Crippen LogP contribution in [0.5, 0.6) is 0 Å². The van der Waals surface area contributed by atoms with E-state index in [0.29, 0.717) is 31.9 Å². The molecule has 2 amide bonds. The fourth-order valence-corrected chi connectivity index (χ4v) is 4.12. The topological polar surface area (TPSA) is 65.8 Å². The van der Waals surface area contributed by atoms with Crippen molar-refractivity contribution in [3.63, 3.8) is 0 Å². The van der Waals surface area contributed by atoms with E-state index >= 15 is 0 Å². The lowest BCUT2D eigenvalue weighted by Crippen LogP contribution is -2.51. The van der Waals surface area contributed by atoms with E-state index in [9.17, 15) is 9.59 Å². The second-order valence-corrected chi connectivity index (χ2v) is 8.36. The number of amides is 2. The van der Waals surface area contributed by atoms with Gasteiger partial charge in [-0.15, -0.1) is 0 Å². The highest BCUT2D eigenvalue weighted by molar-refractivity contribution is 5.96. The van der Waals surface area contributed by atoms with E-state index in [2.05, 4.69) is 10.2 Å². The van der Waals surface area contributed by atoms with Crippen LogP contribution in [0, 0.1) is 20.8 Å². The number of nitrogens with zero attached hydrogens (tertiary/aromatic N) is 2. The molecule has 0 saturated carbocycles. The van der Waals surface area contributed by atoms with Gasteiger partial charge in [-0.25, -0.2) is 0 Å². The molecule has 1 aliphatic heterocycles. The monoisotopic (exact) mass is 431 g/mol. The number of hydrogen-bond donors (Lipinski definition) is 1. The molecule has 1 N–H and O–H groups in total. The highest BCUT2D eigenvalue weighted by Gasteiger charge is 2.32. The highest BCUT2D eigenvalue weighted by Crippen LogP contribution is 2.26. The number of hydrogen-bond acceptors (Lipinski definition) is 4. The van der Waals surface area contributed by atoms with Crippen molar-refractivity contribution in [3.8, 4) is 0 Å². The quantitative estimate of drug-likeness (QED) is 0.653. The Morgan fingerprint density at radius 1 is 0.906 bits per heavy atom. The van der Waals surface area contributed by atoms with Crippen molar-refractivity contribution < 1.29 is 14.0 Å².